The minimum atomic E-state index is -0.243. The molecular weight excluding hydrogens is 381 g/mol. The van der Waals surface area contributed by atoms with Gasteiger partial charge in [0.1, 0.15) is 5.82 Å². The Labute approximate surface area is 165 Å². The van der Waals surface area contributed by atoms with Crippen molar-refractivity contribution in [1.29, 1.82) is 0 Å². The van der Waals surface area contributed by atoms with E-state index in [1.807, 2.05) is 24.8 Å². The lowest BCUT2D eigenvalue weighted by Gasteiger charge is -2.35. The zero-order valence-electron chi connectivity index (χ0n) is 15.7. The van der Waals surface area contributed by atoms with Gasteiger partial charge in [-0.05, 0) is 26.0 Å². The molecule has 0 spiro atoms. The van der Waals surface area contributed by atoms with Gasteiger partial charge in [-0.1, -0.05) is 17.3 Å². The Morgan fingerprint density at radius 1 is 1.14 bits per heavy atom. The zero-order chi connectivity index (χ0) is 19.7. The number of piperazine rings is 1. The van der Waals surface area contributed by atoms with E-state index < -0.39 is 0 Å². The maximum absolute atomic E-state index is 14.0. The highest BCUT2D eigenvalue weighted by Gasteiger charge is 2.27. The van der Waals surface area contributed by atoms with E-state index >= 15 is 0 Å². The molecule has 1 aromatic carbocycles. The second kappa shape index (κ2) is 7.63. The van der Waals surface area contributed by atoms with E-state index in [1.54, 1.807) is 21.7 Å². The summed E-state index contributed by atoms with van der Waals surface area (Å²) < 4.78 is 24.1. The van der Waals surface area contributed by atoms with Gasteiger partial charge in [0.05, 0.1) is 41.0 Å². The third kappa shape index (κ3) is 3.47. The number of para-hydroxylation sites is 1. The number of benzene rings is 1. The Balaban J connectivity index is 1.43. The Bertz CT molecular complexity index is 993. The lowest BCUT2D eigenvalue weighted by molar-refractivity contribution is 0.0740. The van der Waals surface area contributed by atoms with Crippen molar-refractivity contribution >= 4 is 23.3 Å². The van der Waals surface area contributed by atoms with Crippen LogP contribution in [0.15, 0.2) is 24.3 Å². The molecule has 0 atom stereocenters. The third-order valence-corrected chi connectivity index (χ3v) is 5.65. The lowest BCUT2D eigenvalue weighted by Crippen LogP contribution is -2.49. The van der Waals surface area contributed by atoms with Crippen LogP contribution in [0.2, 0.25) is 0 Å². The van der Waals surface area contributed by atoms with Crippen LogP contribution in [-0.2, 0) is 6.54 Å². The second-order valence-electron chi connectivity index (χ2n) is 6.71. The maximum atomic E-state index is 14.0. The highest BCUT2D eigenvalue weighted by atomic mass is 32.1. The summed E-state index contributed by atoms with van der Waals surface area (Å²) in [7, 11) is 0. The molecule has 1 fully saturated rings. The Morgan fingerprint density at radius 2 is 1.89 bits per heavy atom. The number of hydrogen-bond acceptors (Lipinski definition) is 7. The van der Waals surface area contributed by atoms with Gasteiger partial charge in [0, 0.05) is 26.2 Å². The Kier molecular flexibility index (Phi) is 5.03. The molecule has 10 heteroatoms. The molecule has 8 nitrogen and oxygen atoms in total. The zero-order valence-corrected chi connectivity index (χ0v) is 16.5. The molecule has 146 valence electrons. The number of carbonyl (C=O) groups is 1. The van der Waals surface area contributed by atoms with E-state index in [4.69, 9.17) is 0 Å². The van der Waals surface area contributed by atoms with E-state index in [0.29, 0.717) is 49.8 Å². The first-order chi connectivity index (χ1) is 13.5. The van der Waals surface area contributed by atoms with Gasteiger partial charge >= 0.3 is 0 Å². The summed E-state index contributed by atoms with van der Waals surface area (Å²) in [6.07, 6.45) is 0. The number of halogens is 1. The molecule has 0 saturated carbocycles. The van der Waals surface area contributed by atoms with Gasteiger partial charge in [-0.25, -0.2) is 9.07 Å². The van der Waals surface area contributed by atoms with Gasteiger partial charge in [-0.15, -0.1) is 5.10 Å². The predicted molar refractivity (Wildman–Crippen MR) is 103 cm³/mol. The normalized spacial score (nSPS) is 14.5. The fraction of sp³-hybridized carbons (Fsp3) is 0.389. The van der Waals surface area contributed by atoms with Gasteiger partial charge in [-0.3, -0.25) is 4.79 Å². The van der Waals surface area contributed by atoms with Crippen LogP contribution in [0, 0.1) is 19.7 Å². The van der Waals surface area contributed by atoms with Crippen molar-refractivity contribution in [3.05, 3.63) is 52.9 Å². The number of nitrogens with zero attached hydrogens (tertiary/aromatic N) is 7. The SMILES string of the molecule is Cc1nsnc1Cn1nnc(C(=O)N2CCN(c3ccccc3F)CC2)c1C. The van der Waals surface area contributed by atoms with Crippen molar-refractivity contribution < 1.29 is 9.18 Å². The largest absolute Gasteiger partial charge is 0.366 e. The standard InChI is InChI=1S/C18H20FN7OS/c1-12-15(22-28-21-12)11-26-13(2)17(20-23-26)18(27)25-9-7-24(8-10-25)16-6-4-3-5-14(16)19/h3-6H,7-11H2,1-2H3. The van der Waals surface area contributed by atoms with E-state index in [9.17, 15) is 9.18 Å². The van der Waals surface area contributed by atoms with Crippen LogP contribution in [0.3, 0.4) is 0 Å². The summed E-state index contributed by atoms with van der Waals surface area (Å²) >= 11 is 1.16. The summed E-state index contributed by atoms with van der Waals surface area (Å²) in [6, 6.07) is 6.71. The summed E-state index contributed by atoms with van der Waals surface area (Å²) in [5.41, 5.74) is 3.31. The van der Waals surface area contributed by atoms with Crippen LogP contribution in [0.1, 0.15) is 27.6 Å². The van der Waals surface area contributed by atoms with Crippen molar-refractivity contribution in [2.45, 2.75) is 20.4 Å². The van der Waals surface area contributed by atoms with Crippen molar-refractivity contribution in [1.82, 2.24) is 28.6 Å². The minimum Gasteiger partial charge on any atom is -0.366 e. The molecule has 4 rings (SSSR count). The van der Waals surface area contributed by atoms with Gasteiger partial charge in [0.2, 0.25) is 0 Å². The molecule has 1 saturated heterocycles. The summed E-state index contributed by atoms with van der Waals surface area (Å²) in [6.45, 7) is 6.33. The molecular formula is C18H20FN7OS. The van der Waals surface area contributed by atoms with Crippen LogP contribution >= 0.6 is 11.7 Å². The number of rotatable bonds is 4. The van der Waals surface area contributed by atoms with Crippen molar-refractivity contribution in [2.75, 3.05) is 31.1 Å². The topological polar surface area (TPSA) is 80.0 Å². The fourth-order valence-corrected chi connectivity index (χ4v) is 3.81. The number of amides is 1. The van der Waals surface area contributed by atoms with Crippen LogP contribution in [0.5, 0.6) is 0 Å². The number of carbonyl (C=O) groups excluding carboxylic acids is 1. The molecule has 1 aliphatic rings. The Hall–Kier alpha value is -2.88. The molecule has 2 aromatic heterocycles. The fourth-order valence-electron chi connectivity index (χ4n) is 3.25. The van der Waals surface area contributed by atoms with Gasteiger partial charge in [0.25, 0.3) is 5.91 Å². The van der Waals surface area contributed by atoms with Crippen molar-refractivity contribution in [2.24, 2.45) is 0 Å². The van der Waals surface area contributed by atoms with E-state index in [0.717, 1.165) is 23.1 Å². The molecule has 0 bridgehead atoms. The van der Waals surface area contributed by atoms with Gasteiger partial charge in [-0.2, -0.15) is 8.75 Å². The van der Waals surface area contributed by atoms with E-state index in [1.165, 1.54) is 6.07 Å². The average molecular weight is 401 g/mol. The summed E-state index contributed by atoms with van der Waals surface area (Å²) in [5, 5.41) is 8.21. The Morgan fingerprint density at radius 3 is 2.57 bits per heavy atom. The molecule has 0 aliphatic carbocycles. The van der Waals surface area contributed by atoms with Crippen LogP contribution in [0.25, 0.3) is 0 Å². The monoisotopic (exact) mass is 401 g/mol. The number of anilines is 1. The number of aryl methyl sites for hydroxylation is 1. The van der Waals surface area contributed by atoms with Crippen LogP contribution in [-0.4, -0.2) is 60.7 Å². The molecule has 0 radical (unpaired) electrons. The molecule has 3 heterocycles. The van der Waals surface area contributed by atoms with Crippen LogP contribution in [0.4, 0.5) is 10.1 Å². The molecule has 1 aliphatic heterocycles. The van der Waals surface area contributed by atoms with Gasteiger partial charge < -0.3 is 9.80 Å². The summed E-state index contributed by atoms with van der Waals surface area (Å²) in [4.78, 5) is 16.6. The van der Waals surface area contributed by atoms with E-state index in [-0.39, 0.29) is 11.7 Å². The third-order valence-electron chi connectivity index (χ3n) is 4.99. The maximum Gasteiger partial charge on any atom is 0.276 e. The number of aromatic nitrogens is 5. The molecule has 3 aromatic rings. The van der Waals surface area contributed by atoms with Gasteiger partial charge in [0.15, 0.2) is 5.69 Å². The molecule has 0 unspecified atom stereocenters. The highest BCUT2D eigenvalue weighted by Crippen LogP contribution is 2.21. The average Bonchev–Trinajstić information content (AvgIpc) is 3.28. The van der Waals surface area contributed by atoms with E-state index in [2.05, 4.69) is 19.1 Å². The number of hydrogen-bond donors (Lipinski definition) is 0. The quantitative estimate of drug-likeness (QED) is 0.664. The first-order valence-electron chi connectivity index (χ1n) is 9.01. The van der Waals surface area contributed by atoms with Crippen LogP contribution < -0.4 is 4.90 Å². The predicted octanol–water partition coefficient (Wildman–Crippen LogP) is 1.90. The minimum absolute atomic E-state index is 0.148. The van der Waals surface area contributed by atoms with Crippen molar-refractivity contribution in [3.63, 3.8) is 0 Å². The van der Waals surface area contributed by atoms with Crippen molar-refractivity contribution in [3.8, 4) is 0 Å². The lowest BCUT2D eigenvalue weighted by atomic mass is 10.2. The second-order valence-corrected chi connectivity index (χ2v) is 7.24. The molecule has 1 amide bonds. The molecule has 28 heavy (non-hydrogen) atoms. The smallest absolute Gasteiger partial charge is 0.276 e. The first kappa shape index (κ1) is 18.5. The summed E-state index contributed by atoms with van der Waals surface area (Å²) in [5.74, 6) is -0.391. The first-order valence-corrected chi connectivity index (χ1v) is 9.74. The molecule has 0 N–H and O–H groups in total. The highest BCUT2D eigenvalue weighted by molar-refractivity contribution is 6.99.